The lowest BCUT2D eigenvalue weighted by atomic mass is 9.99. The topological polar surface area (TPSA) is 49.4 Å². The van der Waals surface area contributed by atoms with Gasteiger partial charge in [0.1, 0.15) is 5.82 Å². The van der Waals surface area contributed by atoms with Crippen molar-refractivity contribution >= 4 is 10.0 Å². The van der Waals surface area contributed by atoms with E-state index in [2.05, 4.69) is 12.2 Å². The Bertz CT molecular complexity index is 620. The van der Waals surface area contributed by atoms with Gasteiger partial charge in [0.05, 0.1) is 5.25 Å². The molecule has 0 spiro atoms. The molecular formula is C17H25FN2O2S. The largest absolute Gasteiger partial charge is 0.313 e. The predicted octanol–water partition coefficient (Wildman–Crippen LogP) is 2.48. The van der Waals surface area contributed by atoms with E-state index in [0.29, 0.717) is 25.0 Å². The number of benzene rings is 1. The molecular weight excluding hydrogens is 315 g/mol. The summed E-state index contributed by atoms with van der Waals surface area (Å²) in [4.78, 5) is 0. The Morgan fingerprint density at radius 2 is 1.78 bits per heavy atom. The number of nitrogens with one attached hydrogen (secondary N) is 1. The van der Waals surface area contributed by atoms with E-state index in [1.54, 1.807) is 4.31 Å². The van der Waals surface area contributed by atoms with Gasteiger partial charge >= 0.3 is 0 Å². The minimum absolute atomic E-state index is 0.106. The molecule has 1 aromatic carbocycles. The van der Waals surface area contributed by atoms with Crippen LogP contribution in [-0.4, -0.2) is 43.6 Å². The Kier molecular flexibility index (Phi) is 5.04. The van der Waals surface area contributed by atoms with Crippen molar-refractivity contribution in [2.75, 3.05) is 19.6 Å². The zero-order valence-electron chi connectivity index (χ0n) is 13.5. The van der Waals surface area contributed by atoms with Gasteiger partial charge in [0.25, 0.3) is 0 Å². The Balaban J connectivity index is 1.44. The number of hydrogen-bond donors (Lipinski definition) is 1. The van der Waals surface area contributed by atoms with E-state index >= 15 is 0 Å². The molecule has 128 valence electrons. The molecule has 1 N–H and O–H groups in total. The number of piperidine rings is 1. The fourth-order valence-corrected chi connectivity index (χ4v) is 5.02. The van der Waals surface area contributed by atoms with E-state index in [1.165, 1.54) is 12.1 Å². The molecule has 1 heterocycles. The van der Waals surface area contributed by atoms with Crippen molar-refractivity contribution < 1.29 is 12.8 Å². The molecule has 1 aliphatic carbocycles. The lowest BCUT2D eigenvalue weighted by molar-refractivity contribution is 0.287. The van der Waals surface area contributed by atoms with Gasteiger partial charge < -0.3 is 5.32 Å². The van der Waals surface area contributed by atoms with Crippen molar-refractivity contribution in [2.24, 2.45) is 0 Å². The van der Waals surface area contributed by atoms with E-state index in [0.717, 1.165) is 37.8 Å². The summed E-state index contributed by atoms with van der Waals surface area (Å²) < 4.78 is 39.0. The van der Waals surface area contributed by atoms with Crippen molar-refractivity contribution in [3.05, 3.63) is 35.6 Å². The van der Waals surface area contributed by atoms with Crippen LogP contribution < -0.4 is 5.32 Å². The third kappa shape index (κ3) is 4.11. The van der Waals surface area contributed by atoms with Crippen LogP contribution in [0.3, 0.4) is 0 Å². The van der Waals surface area contributed by atoms with Crippen molar-refractivity contribution in [3.8, 4) is 0 Å². The van der Waals surface area contributed by atoms with E-state index in [4.69, 9.17) is 0 Å². The maximum Gasteiger partial charge on any atom is 0.216 e. The first-order valence-electron chi connectivity index (χ1n) is 8.44. The smallest absolute Gasteiger partial charge is 0.216 e. The zero-order chi connectivity index (χ0) is 16.4. The van der Waals surface area contributed by atoms with E-state index in [9.17, 15) is 12.8 Å². The molecule has 1 saturated heterocycles. The molecule has 3 rings (SSSR count). The summed E-state index contributed by atoms with van der Waals surface area (Å²) in [6.45, 7) is 4.20. The second-order valence-corrected chi connectivity index (χ2v) is 8.99. The first-order valence-corrected chi connectivity index (χ1v) is 9.95. The minimum atomic E-state index is -3.02. The van der Waals surface area contributed by atoms with Crippen molar-refractivity contribution in [1.29, 1.82) is 0 Å². The quantitative estimate of drug-likeness (QED) is 0.865. The van der Waals surface area contributed by atoms with Gasteiger partial charge in [-0.3, -0.25) is 0 Å². The zero-order valence-corrected chi connectivity index (χ0v) is 14.4. The van der Waals surface area contributed by atoms with Crippen LogP contribution in [0.2, 0.25) is 0 Å². The summed E-state index contributed by atoms with van der Waals surface area (Å²) in [5.74, 6) is 0.0991. The highest BCUT2D eigenvalue weighted by Crippen LogP contribution is 2.32. The lowest BCUT2D eigenvalue weighted by Crippen LogP contribution is -2.46. The molecule has 4 nitrogen and oxygen atoms in total. The van der Waals surface area contributed by atoms with E-state index < -0.39 is 10.0 Å². The van der Waals surface area contributed by atoms with Crippen LogP contribution in [0.1, 0.15) is 44.1 Å². The van der Waals surface area contributed by atoms with Gasteiger partial charge in [-0.25, -0.2) is 17.1 Å². The van der Waals surface area contributed by atoms with Gasteiger partial charge in [-0.2, -0.15) is 0 Å². The van der Waals surface area contributed by atoms with Gasteiger partial charge in [0.2, 0.25) is 10.0 Å². The van der Waals surface area contributed by atoms with E-state index in [-0.39, 0.29) is 11.1 Å². The summed E-state index contributed by atoms with van der Waals surface area (Å²) in [7, 11) is -3.02. The molecule has 1 aromatic rings. The molecule has 6 heteroatoms. The highest BCUT2D eigenvalue weighted by Gasteiger charge is 2.41. The van der Waals surface area contributed by atoms with Crippen molar-refractivity contribution in [1.82, 2.24) is 9.62 Å². The molecule has 1 atom stereocenters. The van der Waals surface area contributed by atoms with Gasteiger partial charge in [0.15, 0.2) is 0 Å². The average molecular weight is 340 g/mol. The Morgan fingerprint density at radius 1 is 1.17 bits per heavy atom. The summed E-state index contributed by atoms with van der Waals surface area (Å²) in [5.41, 5.74) is 1.12. The monoisotopic (exact) mass is 340 g/mol. The molecule has 2 fully saturated rings. The fourth-order valence-electron chi connectivity index (χ4n) is 3.14. The SMILES string of the molecule is C[C@H](CNC1CCN(S(=O)(=O)C2CC2)CC1)c1ccc(F)cc1. The molecule has 1 aliphatic heterocycles. The highest BCUT2D eigenvalue weighted by molar-refractivity contribution is 7.90. The van der Waals surface area contributed by atoms with Gasteiger partial charge in [-0.05, 0) is 49.3 Å². The molecule has 2 aliphatic rings. The van der Waals surface area contributed by atoms with Crippen LogP contribution in [-0.2, 0) is 10.0 Å². The van der Waals surface area contributed by atoms with Gasteiger partial charge in [0, 0.05) is 25.7 Å². The second kappa shape index (κ2) is 6.87. The number of sulfonamides is 1. The molecule has 0 unspecified atom stereocenters. The first-order chi connectivity index (χ1) is 11.0. The fraction of sp³-hybridized carbons (Fsp3) is 0.647. The van der Waals surface area contributed by atoms with Gasteiger partial charge in [-0.15, -0.1) is 0 Å². The summed E-state index contributed by atoms with van der Waals surface area (Å²) in [6, 6.07) is 7.00. The minimum Gasteiger partial charge on any atom is -0.313 e. The predicted molar refractivity (Wildman–Crippen MR) is 89.4 cm³/mol. The highest BCUT2D eigenvalue weighted by atomic mass is 32.2. The van der Waals surface area contributed by atoms with Crippen molar-refractivity contribution in [3.63, 3.8) is 0 Å². The third-order valence-corrected chi connectivity index (χ3v) is 7.31. The third-order valence-electron chi connectivity index (χ3n) is 4.91. The number of nitrogens with zero attached hydrogens (tertiary/aromatic N) is 1. The second-order valence-electron chi connectivity index (χ2n) is 6.78. The van der Waals surface area contributed by atoms with Crippen molar-refractivity contribution in [2.45, 2.75) is 49.8 Å². The molecule has 0 radical (unpaired) electrons. The summed E-state index contributed by atoms with van der Waals surface area (Å²) in [5, 5.41) is 3.43. The molecule has 0 bridgehead atoms. The van der Waals surface area contributed by atoms with Crippen LogP contribution in [0, 0.1) is 5.82 Å². The number of hydrogen-bond acceptors (Lipinski definition) is 3. The van der Waals surface area contributed by atoms with Crippen LogP contribution in [0.15, 0.2) is 24.3 Å². The van der Waals surface area contributed by atoms with Crippen LogP contribution in [0.5, 0.6) is 0 Å². The normalized spacial score (nSPS) is 22.2. The maximum atomic E-state index is 13.0. The number of halogens is 1. The van der Waals surface area contributed by atoms with E-state index in [1.807, 2.05) is 12.1 Å². The van der Waals surface area contributed by atoms with Crippen LogP contribution in [0.25, 0.3) is 0 Å². The molecule has 0 amide bonds. The maximum absolute atomic E-state index is 13.0. The Morgan fingerprint density at radius 3 is 2.35 bits per heavy atom. The van der Waals surface area contributed by atoms with Crippen LogP contribution >= 0.6 is 0 Å². The number of rotatable bonds is 6. The Hall–Kier alpha value is -0.980. The molecule has 23 heavy (non-hydrogen) atoms. The summed E-state index contributed by atoms with van der Waals surface area (Å²) >= 11 is 0. The van der Waals surface area contributed by atoms with Crippen LogP contribution in [0.4, 0.5) is 4.39 Å². The molecule has 0 aromatic heterocycles. The molecule has 1 saturated carbocycles. The Labute approximate surface area is 138 Å². The van der Waals surface area contributed by atoms with Gasteiger partial charge in [-0.1, -0.05) is 19.1 Å². The summed E-state index contributed by atoms with van der Waals surface area (Å²) in [6.07, 6.45) is 3.38. The average Bonchev–Trinajstić information content (AvgIpc) is 3.39. The lowest BCUT2D eigenvalue weighted by Gasteiger charge is -2.32. The first kappa shape index (κ1) is 16.9. The standard InChI is InChI=1S/C17H25FN2O2S/c1-13(14-2-4-15(18)5-3-14)12-19-16-8-10-20(11-9-16)23(21,22)17-6-7-17/h2-5,13,16-17,19H,6-12H2,1H3/t13-/m1/s1.